The van der Waals surface area contributed by atoms with E-state index >= 15 is 0 Å². The summed E-state index contributed by atoms with van der Waals surface area (Å²) < 4.78 is 17.8. The highest BCUT2D eigenvalue weighted by Gasteiger charge is 2.43. The van der Waals surface area contributed by atoms with Gasteiger partial charge in [0, 0.05) is 31.9 Å². The SMILES string of the molecule is CCO[Si](CC(C)N1CCCCC1)(OCC)OCC. The Morgan fingerprint density at radius 1 is 0.895 bits per heavy atom. The lowest BCUT2D eigenvalue weighted by Crippen LogP contribution is -2.51. The molecule has 1 unspecified atom stereocenters. The van der Waals surface area contributed by atoms with Crippen LogP contribution in [0.5, 0.6) is 0 Å². The molecule has 0 aliphatic carbocycles. The molecule has 1 atom stereocenters. The van der Waals surface area contributed by atoms with Gasteiger partial charge in [-0.2, -0.15) is 0 Å². The summed E-state index contributed by atoms with van der Waals surface area (Å²) in [5, 5.41) is 0. The molecule has 0 spiro atoms. The fourth-order valence-corrected chi connectivity index (χ4v) is 5.72. The molecule has 0 amide bonds. The van der Waals surface area contributed by atoms with Crippen molar-refractivity contribution in [3.8, 4) is 0 Å². The van der Waals surface area contributed by atoms with Crippen molar-refractivity contribution >= 4 is 8.80 Å². The maximum atomic E-state index is 5.94. The molecule has 0 radical (unpaired) electrons. The molecule has 4 nitrogen and oxygen atoms in total. The van der Waals surface area contributed by atoms with Gasteiger partial charge in [-0.3, -0.25) is 0 Å². The third-order valence-corrected chi connectivity index (χ3v) is 6.93. The Labute approximate surface area is 119 Å². The Morgan fingerprint density at radius 2 is 1.37 bits per heavy atom. The van der Waals surface area contributed by atoms with Crippen LogP contribution in [0.2, 0.25) is 6.04 Å². The molecule has 1 aliphatic rings. The molecule has 0 saturated carbocycles. The first-order chi connectivity index (χ1) is 9.17. The molecule has 114 valence electrons. The van der Waals surface area contributed by atoms with E-state index in [-0.39, 0.29) is 0 Å². The van der Waals surface area contributed by atoms with Crippen LogP contribution in [0, 0.1) is 0 Å². The van der Waals surface area contributed by atoms with Crippen molar-refractivity contribution in [3.05, 3.63) is 0 Å². The van der Waals surface area contributed by atoms with Crippen LogP contribution in [0.4, 0.5) is 0 Å². The van der Waals surface area contributed by atoms with E-state index in [0.29, 0.717) is 25.9 Å². The van der Waals surface area contributed by atoms with Crippen molar-refractivity contribution in [2.75, 3.05) is 32.9 Å². The van der Waals surface area contributed by atoms with Gasteiger partial charge in [0.1, 0.15) is 0 Å². The highest BCUT2D eigenvalue weighted by atomic mass is 28.4. The molecule has 1 rings (SSSR count). The number of rotatable bonds is 9. The largest absolute Gasteiger partial charge is 0.502 e. The van der Waals surface area contributed by atoms with Gasteiger partial charge in [-0.05, 0) is 53.6 Å². The van der Waals surface area contributed by atoms with Crippen molar-refractivity contribution in [1.29, 1.82) is 0 Å². The van der Waals surface area contributed by atoms with E-state index in [9.17, 15) is 0 Å². The topological polar surface area (TPSA) is 30.9 Å². The fourth-order valence-electron chi connectivity index (χ4n) is 2.81. The van der Waals surface area contributed by atoms with Crippen molar-refractivity contribution in [2.24, 2.45) is 0 Å². The van der Waals surface area contributed by atoms with E-state index in [1.807, 2.05) is 20.8 Å². The summed E-state index contributed by atoms with van der Waals surface area (Å²) in [5.41, 5.74) is 0. The molecule has 1 heterocycles. The minimum Gasteiger partial charge on any atom is -0.374 e. The summed E-state index contributed by atoms with van der Waals surface area (Å²) in [6, 6.07) is 1.39. The summed E-state index contributed by atoms with van der Waals surface area (Å²) in [6.07, 6.45) is 4.00. The van der Waals surface area contributed by atoms with Crippen molar-refractivity contribution in [1.82, 2.24) is 4.90 Å². The van der Waals surface area contributed by atoms with Gasteiger partial charge in [-0.25, -0.2) is 0 Å². The zero-order chi connectivity index (χ0) is 14.1. The molecule has 1 fully saturated rings. The van der Waals surface area contributed by atoms with Gasteiger partial charge in [0.2, 0.25) is 0 Å². The zero-order valence-electron chi connectivity index (χ0n) is 13.1. The first-order valence-corrected chi connectivity index (χ1v) is 9.76. The van der Waals surface area contributed by atoms with Gasteiger partial charge in [-0.15, -0.1) is 0 Å². The maximum absolute atomic E-state index is 5.94. The molecular formula is C14H31NO3Si. The van der Waals surface area contributed by atoms with E-state index in [4.69, 9.17) is 13.3 Å². The lowest BCUT2D eigenvalue weighted by Gasteiger charge is -2.37. The highest BCUT2D eigenvalue weighted by Crippen LogP contribution is 2.23. The van der Waals surface area contributed by atoms with Gasteiger partial charge in [0.15, 0.2) is 0 Å². The molecule has 1 aliphatic heterocycles. The Morgan fingerprint density at radius 3 is 1.79 bits per heavy atom. The number of piperidine rings is 1. The standard InChI is InChI=1S/C14H31NO3Si/c1-5-16-19(17-6-2,18-7-3)13-14(4)15-11-9-8-10-12-15/h14H,5-13H2,1-4H3. The zero-order valence-corrected chi connectivity index (χ0v) is 14.1. The minimum absolute atomic E-state index is 0.483. The van der Waals surface area contributed by atoms with E-state index in [1.165, 1.54) is 32.4 Å². The summed E-state index contributed by atoms with van der Waals surface area (Å²) in [7, 11) is -2.48. The number of nitrogens with zero attached hydrogens (tertiary/aromatic N) is 1. The van der Waals surface area contributed by atoms with Crippen molar-refractivity contribution < 1.29 is 13.3 Å². The lowest BCUT2D eigenvalue weighted by molar-refractivity contribution is 0.0605. The number of likely N-dealkylation sites (tertiary alicyclic amines) is 1. The lowest BCUT2D eigenvalue weighted by atomic mass is 10.1. The van der Waals surface area contributed by atoms with Crippen LogP contribution in [0.15, 0.2) is 0 Å². The molecule has 0 aromatic heterocycles. The van der Waals surface area contributed by atoms with Crippen LogP contribution < -0.4 is 0 Å². The van der Waals surface area contributed by atoms with Crippen LogP contribution in [0.1, 0.15) is 47.0 Å². The smallest absolute Gasteiger partial charge is 0.374 e. The summed E-state index contributed by atoms with van der Waals surface area (Å²) in [6.45, 7) is 12.7. The molecule has 0 N–H and O–H groups in total. The molecule has 0 aromatic rings. The molecule has 0 bridgehead atoms. The summed E-state index contributed by atoms with van der Waals surface area (Å²) in [4.78, 5) is 2.56. The number of hydrogen-bond donors (Lipinski definition) is 0. The van der Waals surface area contributed by atoms with E-state index in [0.717, 1.165) is 6.04 Å². The van der Waals surface area contributed by atoms with Crippen LogP contribution in [0.25, 0.3) is 0 Å². The molecule has 0 aromatic carbocycles. The second-order valence-electron chi connectivity index (χ2n) is 5.13. The Kier molecular flexibility index (Phi) is 8.17. The van der Waals surface area contributed by atoms with Gasteiger partial charge in [0.25, 0.3) is 0 Å². The van der Waals surface area contributed by atoms with Crippen LogP contribution in [-0.4, -0.2) is 52.7 Å². The van der Waals surface area contributed by atoms with E-state index < -0.39 is 8.80 Å². The van der Waals surface area contributed by atoms with Gasteiger partial charge in [0.05, 0.1) is 0 Å². The highest BCUT2D eigenvalue weighted by molar-refractivity contribution is 6.60. The van der Waals surface area contributed by atoms with E-state index in [2.05, 4.69) is 11.8 Å². The monoisotopic (exact) mass is 289 g/mol. The average molecular weight is 289 g/mol. The second kappa shape index (κ2) is 9.08. The minimum atomic E-state index is -2.48. The van der Waals surface area contributed by atoms with Crippen molar-refractivity contribution in [2.45, 2.75) is 59.0 Å². The van der Waals surface area contributed by atoms with Crippen molar-refractivity contribution in [3.63, 3.8) is 0 Å². The number of hydrogen-bond acceptors (Lipinski definition) is 4. The molecule has 1 saturated heterocycles. The maximum Gasteiger partial charge on any atom is 0.502 e. The predicted molar refractivity (Wildman–Crippen MR) is 80.3 cm³/mol. The third-order valence-electron chi connectivity index (χ3n) is 3.65. The van der Waals surface area contributed by atoms with Crippen LogP contribution in [0.3, 0.4) is 0 Å². The first kappa shape index (κ1) is 17.1. The molecule has 5 heteroatoms. The fraction of sp³-hybridized carbons (Fsp3) is 1.00. The molecular weight excluding hydrogens is 258 g/mol. The normalized spacial score (nSPS) is 19.6. The third kappa shape index (κ3) is 5.51. The summed E-state index contributed by atoms with van der Waals surface area (Å²) >= 11 is 0. The Bertz CT molecular complexity index is 218. The predicted octanol–water partition coefficient (Wildman–Crippen LogP) is 2.91. The summed E-state index contributed by atoms with van der Waals surface area (Å²) in [5.74, 6) is 0. The van der Waals surface area contributed by atoms with Crippen LogP contribution in [-0.2, 0) is 13.3 Å². The van der Waals surface area contributed by atoms with Crippen LogP contribution >= 0.6 is 0 Å². The van der Waals surface area contributed by atoms with Gasteiger partial charge < -0.3 is 18.2 Å². The quantitative estimate of drug-likeness (QED) is 0.611. The van der Waals surface area contributed by atoms with E-state index in [1.54, 1.807) is 0 Å². The Hall–Kier alpha value is 0.0569. The molecule has 19 heavy (non-hydrogen) atoms. The first-order valence-electron chi connectivity index (χ1n) is 7.83. The van der Waals surface area contributed by atoms with Gasteiger partial charge >= 0.3 is 8.80 Å². The van der Waals surface area contributed by atoms with Gasteiger partial charge in [-0.1, -0.05) is 6.42 Å². The Balaban J connectivity index is 2.62. The average Bonchev–Trinajstić information content (AvgIpc) is 2.40. The second-order valence-corrected chi connectivity index (χ2v) is 7.77.